The van der Waals surface area contributed by atoms with Crippen LogP contribution in [-0.2, 0) is 4.79 Å². The summed E-state index contributed by atoms with van der Waals surface area (Å²) in [6.45, 7) is 6.43. The van der Waals surface area contributed by atoms with Crippen molar-refractivity contribution < 1.29 is 14.7 Å². The van der Waals surface area contributed by atoms with Crippen LogP contribution in [0.1, 0.15) is 60.8 Å². The van der Waals surface area contributed by atoms with Crippen LogP contribution in [0.5, 0.6) is 0 Å². The van der Waals surface area contributed by atoms with E-state index in [-0.39, 0.29) is 29.8 Å². The number of aliphatic hydroxyl groups is 1. The van der Waals surface area contributed by atoms with Crippen LogP contribution >= 0.6 is 11.5 Å². The highest BCUT2D eigenvalue weighted by atomic mass is 32.1. The molecule has 138 valence electrons. The van der Waals surface area contributed by atoms with Gasteiger partial charge < -0.3 is 14.9 Å². The number of likely N-dealkylation sites (tertiary alicyclic amines) is 2. The Kier molecular flexibility index (Phi) is 5.38. The number of hydrogen-bond donors (Lipinski definition) is 1. The van der Waals surface area contributed by atoms with Gasteiger partial charge in [0, 0.05) is 38.0 Å². The van der Waals surface area contributed by atoms with Crippen LogP contribution in [0.3, 0.4) is 0 Å². The summed E-state index contributed by atoms with van der Waals surface area (Å²) in [5, 5.41) is 13.3. The number of aromatic nitrogens is 2. The van der Waals surface area contributed by atoms with Crippen molar-refractivity contribution in [2.45, 2.75) is 45.4 Å². The van der Waals surface area contributed by atoms with Gasteiger partial charge in [-0.1, -0.05) is 18.3 Å². The SMILES string of the molecule is CC(C)c1nnsc1C(=O)N1CCC[C@]2(CCC(=O)N(CCO)C2)C1. The van der Waals surface area contributed by atoms with Crippen molar-refractivity contribution in [3.63, 3.8) is 0 Å². The number of hydrogen-bond acceptors (Lipinski definition) is 6. The van der Waals surface area contributed by atoms with Crippen LogP contribution in [0.25, 0.3) is 0 Å². The Hall–Kier alpha value is -1.54. The van der Waals surface area contributed by atoms with E-state index in [4.69, 9.17) is 0 Å². The third-order valence-corrected chi connectivity index (χ3v) is 6.05. The number of rotatable bonds is 4. The molecular weight excluding hydrogens is 340 g/mol. The summed E-state index contributed by atoms with van der Waals surface area (Å²) in [6, 6.07) is 0. The predicted molar refractivity (Wildman–Crippen MR) is 94.5 cm³/mol. The number of β-amino-alcohol motifs (C(OH)–C–C–N with tert-alkyl or cyclic N) is 1. The van der Waals surface area contributed by atoms with Crippen molar-refractivity contribution in [1.29, 1.82) is 0 Å². The Morgan fingerprint density at radius 3 is 2.88 bits per heavy atom. The molecule has 1 N–H and O–H groups in total. The summed E-state index contributed by atoms with van der Waals surface area (Å²) in [5.74, 6) is 0.295. The lowest BCUT2D eigenvalue weighted by atomic mass is 9.73. The lowest BCUT2D eigenvalue weighted by Gasteiger charge is -2.48. The first-order valence-corrected chi connectivity index (χ1v) is 9.73. The molecule has 0 unspecified atom stereocenters. The van der Waals surface area contributed by atoms with Crippen LogP contribution < -0.4 is 0 Å². The molecule has 1 aromatic rings. The van der Waals surface area contributed by atoms with Gasteiger partial charge in [-0.3, -0.25) is 9.59 Å². The number of carbonyl (C=O) groups is 2. The molecule has 2 aliphatic rings. The molecule has 2 fully saturated rings. The minimum atomic E-state index is -0.0485. The fraction of sp³-hybridized carbons (Fsp3) is 0.765. The molecule has 0 radical (unpaired) electrons. The van der Waals surface area contributed by atoms with E-state index >= 15 is 0 Å². The first kappa shape index (κ1) is 18.3. The van der Waals surface area contributed by atoms with Gasteiger partial charge in [-0.2, -0.15) is 0 Å². The Bertz CT molecular complexity index is 648. The summed E-state index contributed by atoms with van der Waals surface area (Å²) in [7, 11) is 0. The Morgan fingerprint density at radius 1 is 1.36 bits per heavy atom. The molecule has 25 heavy (non-hydrogen) atoms. The highest BCUT2D eigenvalue weighted by Crippen LogP contribution is 2.39. The maximum Gasteiger partial charge on any atom is 0.267 e. The maximum absolute atomic E-state index is 13.0. The molecule has 1 atom stereocenters. The van der Waals surface area contributed by atoms with E-state index in [1.807, 2.05) is 18.7 Å². The van der Waals surface area contributed by atoms with Crippen molar-refractivity contribution in [1.82, 2.24) is 19.4 Å². The van der Waals surface area contributed by atoms with Crippen molar-refractivity contribution in [3.8, 4) is 0 Å². The number of aliphatic hydroxyl groups excluding tert-OH is 1. The van der Waals surface area contributed by atoms with Gasteiger partial charge in [-0.15, -0.1) is 5.10 Å². The number of amides is 2. The smallest absolute Gasteiger partial charge is 0.267 e. The first-order chi connectivity index (χ1) is 12.0. The molecule has 1 spiro atoms. The summed E-state index contributed by atoms with van der Waals surface area (Å²) in [5.41, 5.74) is 0.725. The first-order valence-electron chi connectivity index (χ1n) is 8.96. The van der Waals surface area contributed by atoms with E-state index < -0.39 is 0 Å². The van der Waals surface area contributed by atoms with E-state index in [1.165, 1.54) is 11.5 Å². The molecule has 0 aliphatic carbocycles. The molecule has 0 saturated carbocycles. The Morgan fingerprint density at radius 2 is 2.16 bits per heavy atom. The number of nitrogens with zero attached hydrogens (tertiary/aromatic N) is 4. The van der Waals surface area contributed by atoms with Crippen LogP contribution in [-0.4, -0.2) is 69.1 Å². The molecule has 3 heterocycles. The van der Waals surface area contributed by atoms with Gasteiger partial charge in [-0.05, 0) is 36.7 Å². The van der Waals surface area contributed by atoms with Gasteiger partial charge in [-0.25, -0.2) is 0 Å². The molecule has 3 rings (SSSR count). The molecular formula is C17H26N4O3S. The van der Waals surface area contributed by atoms with Crippen LogP contribution in [0.2, 0.25) is 0 Å². The summed E-state index contributed by atoms with van der Waals surface area (Å²) in [4.78, 5) is 29.4. The minimum Gasteiger partial charge on any atom is -0.395 e. The van der Waals surface area contributed by atoms with E-state index in [9.17, 15) is 14.7 Å². The van der Waals surface area contributed by atoms with Gasteiger partial charge in [0.15, 0.2) is 0 Å². The van der Waals surface area contributed by atoms with Crippen molar-refractivity contribution in [2.24, 2.45) is 5.41 Å². The van der Waals surface area contributed by atoms with E-state index in [1.54, 1.807) is 4.90 Å². The zero-order valence-corrected chi connectivity index (χ0v) is 15.7. The summed E-state index contributed by atoms with van der Waals surface area (Å²) >= 11 is 1.17. The van der Waals surface area contributed by atoms with Gasteiger partial charge >= 0.3 is 0 Å². The average molecular weight is 366 g/mol. The highest BCUT2D eigenvalue weighted by Gasteiger charge is 2.43. The van der Waals surface area contributed by atoms with E-state index in [0.717, 1.165) is 31.5 Å². The second-order valence-corrected chi connectivity index (χ2v) is 8.27. The lowest BCUT2D eigenvalue weighted by Crippen LogP contribution is -2.55. The van der Waals surface area contributed by atoms with Crippen LogP contribution in [0, 0.1) is 5.41 Å². The standard InChI is InChI=1S/C17H26N4O3S/c1-12(2)14-15(25-19-18-14)16(24)21-7-3-5-17(11-21)6-4-13(23)20(10-17)8-9-22/h12,22H,3-11H2,1-2H3/t17-/m1/s1. The normalized spacial score (nSPS) is 24.4. The summed E-state index contributed by atoms with van der Waals surface area (Å²) < 4.78 is 3.97. The monoisotopic (exact) mass is 366 g/mol. The van der Waals surface area contributed by atoms with Gasteiger partial charge in [0.2, 0.25) is 5.91 Å². The predicted octanol–water partition coefficient (Wildman–Crippen LogP) is 1.50. The summed E-state index contributed by atoms with van der Waals surface area (Å²) in [6.07, 6.45) is 3.27. The fourth-order valence-corrected chi connectivity index (χ4v) is 4.80. The second-order valence-electron chi connectivity index (χ2n) is 7.51. The van der Waals surface area contributed by atoms with Gasteiger partial charge in [0.25, 0.3) is 5.91 Å². The molecule has 8 heteroatoms. The van der Waals surface area contributed by atoms with Gasteiger partial charge in [0.05, 0.1) is 12.3 Å². The fourth-order valence-electron chi connectivity index (χ4n) is 4.01. The highest BCUT2D eigenvalue weighted by molar-refractivity contribution is 7.08. The zero-order chi connectivity index (χ0) is 18.0. The third kappa shape index (κ3) is 3.69. The Balaban J connectivity index is 1.75. The van der Waals surface area contributed by atoms with Crippen molar-refractivity contribution in [2.75, 3.05) is 32.8 Å². The molecule has 2 aliphatic heterocycles. The number of piperidine rings is 2. The molecule has 2 amide bonds. The van der Waals surface area contributed by atoms with Crippen molar-refractivity contribution in [3.05, 3.63) is 10.6 Å². The topological polar surface area (TPSA) is 86.6 Å². The Labute approximate surface area is 152 Å². The number of carbonyl (C=O) groups excluding carboxylic acids is 2. The molecule has 7 nitrogen and oxygen atoms in total. The largest absolute Gasteiger partial charge is 0.395 e. The molecule has 0 bridgehead atoms. The lowest BCUT2D eigenvalue weighted by molar-refractivity contribution is -0.139. The van der Waals surface area contributed by atoms with Crippen LogP contribution in [0.15, 0.2) is 0 Å². The molecule has 2 saturated heterocycles. The van der Waals surface area contributed by atoms with E-state index in [0.29, 0.717) is 30.9 Å². The van der Waals surface area contributed by atoms with E-state index in [2.05, 4.69) is 9.59 Å². The second kappa shape index (κ2) is 7.37. The quantitative estimate of drug-likeness (QED) is 0.873. The minimum absolute atomic E-state index is 0.0170. The molecule has 1 aromatic heterocycles. The van der Waals surface area contributed by atoms with Crippen LogP contribution in [0.4, 0.5) is 0 Å². The van der Waals surface area contributed by atoms with Gasteiger partial charge in [0.1, 0.15) is 4.88 Å². The average Bonchev–Trinajstić information content (AvgIpc) is 3.08. The maximum atomic E-state index is 13.0. The molecule has 0 aromatic carbocycles. The van der Waals surface area contributed by atoms with Crippen molar-refractivity contribution >= 4 is 23.3 Å². The third-order valence-electron chi connectivity index (χ3n) is 5.32. The zero-order valence-electron chi connectivity index (χ0n) is 14.9.